The third-order valence-electron chi connectivity index (χ3n) is 2.72. The number of anilines is 1. The Balaban J connectivity index is 1.56. The van der Waals surface area contributed by atoms with E-state index in [-0.39, 0.29) is 5.91 Å². The molecule has 0 saturated heterocycles. The molecule has 0 bridgehead atoms. The quantitative estimate of drug-likeness (QED) is 0.609. The Labute approximate surface area is 153 Å². The first-order valence-electron chi connectivity index (χ1n) is 6.54. The second-order valence-corrected chi connectivity index (χ2v) is 8.65. The molecule has 2 aromatic heterocycles. The van der Waals surface area contributed by atoms with Gasteiger partial charge in [-0.15, -0.1) is 21.5 Å². The van der Waals surface area contributed by atoms with Crippen molar-refractivity contribution < 1.29 is 4.79 Å². The molecule has 3 rings (SSSR count). The van der Waals surface area contributed by atoms with Gasteiger partial charge in [-0.1, -0.05) is 51.2 Å². The lowest BCUT2D eigenvalue weighted by Gasteiger charge is -1.99. The molecular formula is C14H11BrN4OS3. The van der Waals surface area contributed by atoms with Crippen LogP contribution >= 0.6 is 50.4 Å². The van der Waals surface area contributed by atoms with E-state index in [1.165, 1.54) is 34.4 Å². The number of aryl methyl sites for hydroxylation is 1. The second-order valence-electron chi connectivity index (χ2n) is 4.47. The summed E-state index contributed by atoms with van der Waals surface area (Å²) in [5.74, 6) is 0.192. The number of carbonyl (C=O) groups excluding carboxylic acids is 1. The van der Waals surface area contributed by atoms with E-state index < -0.39 is 0 Å². The third kappa shape index (κ3) is 4.60. The molecule has 9 heteroatoms. The number of thioether (sulfide) groups is 1. The Bertz CT molecular complexity index is 816. The first-order chi connectivity index (χ1) is 11.1. The molecule has 0 radical (unpaired) electrons. The lowest BCUT2D eigenvalue weighted by Crippen LogP contribution is -2.13. The lowest BCUT2D eigenvalue weighted by atomic mass is 10.2. The van der Waals surface area contributed by atoms with Crippen LogP contribution in [0.2, 0.25) is 0 Å². The van der Waals surface area contributed by atoms with E-state index >= 15 is 0 Å². The molecular weight excluding hydrogens is 416 g/mol. The number of nitrogens with one attached hydrogen (secondary N) is 1. The molecule has 0 aliphatic heterocycles. The number of hydrogen-bond donors (Lipinski definition) is 1. The summed E-state index contributed by atoms with van der Waals surface area (Å²) in [5.41, 5.74) is 1.98. The topological polar surface area (TPSA) is 67.8 Å². The van der Waals surface area contributed by atoms with Crippen LogP contribution in [0.1, 0.15) is 5.01 Å². The van der Waals surface area contributed by atoms with Gasteiger partial charge in [0.25, 0.3) is 0 Å². The van der Waals surface area contributed by atoms with Gasteiger partial charge in [-0.05, 0) is 19.1 Å². The average molecular weight is 427 g/mol. The zero-order valence-electron chi connectivity index (χ0n) is 11.9. The smallest absolute Gasteiger partial charge is 0.236 e. The second kappa shape index (κ2) is 7.52. The van der Waals surface area contributed by atoms with E-state index in [4.69, 9.17) is 0 Å². The zero-order chi connectivity index (χ0) is 16.2. The van der Waals surface area contributed by atoms with E-state index in [9.17, 15) is 4.79 Å². The molecule has 1 aromatic carbocycles. The highest BCUT2D eigenvalue weighted by molar-refractivity contribution is 9.10. The standard InChI is InChI=1S/C14H11BrN4OS3/c1-8-18-19-13(23-8)17-12(20)7-22-14-16-11(6-21-14)9-2-4-10(15)5-3-9/h2-6H,7H2,1H3,(H,17,19,20). The van der Waals surface area contributed by atoms with E-state index in [1.807, 2.05) is 36.6 Å². The summed E-state index contributed by atoms with van der Waals surface area (Å²) in [6.45, 7) is 1.85. The fraction of sp³-hybridized carbons (Fsp3) is 0.143. The van der Waals surface area contributed by atoms with Gasteiger partial charge in [0.2, 0.25) is 11.0 Å². The van der Waals surface area contributed by atoms with Crippen LogP contribution in [-0.4, -0.2) is 26.8 Å². The summed E-state index contributed by atoms with van der Waals surface area (Å²) in [4.78, 5) is 16.4. The van der Waals surface area contributed by atoms with Crippen molar-refractivity contribution in [3.8, 4) is 11.3 Å². The highest BCUT2D eigenvalue weighted by Crippen LogP contribution is 2.29. The molecule has 0 unspecified atom stereocenters. The molecule has 2 heterocycles. The van der Waals surface area contributed by atoms with Crippen molar-refractivity contribution in [2.45, 2.75) is 11.3 Å². The third-order valence-corrected chi connectivity index (χ3v) is 6.03. The molecule has 0 atom stereocenters. The summed E-state index contributed by atoms with van der Waals surface area (Å²) in [6.07, 6.45) is 0. The monoisotopic (exact) mass is 426 g/mol. The number of carbonyl (C=O) groups is 1. The van der Waals surface area contributed by atoms with Gasteiger partial charge in [-0.3, -0.25) is 10.1 Å². The normalized spacial score (nSPS) is 10.7. The highest BCUT2D eigenvalue weighted by Gasteiger charge is 2.10. The summed E-state index contributed by atoms with van der Waals surface area (Å²) in [6, 6.07) is 7.99. The maximum atomic E-state index is 11.9. The minimum Gasteiger partial charge on any atom is -0.300 e. The molecule has 3 aromatic rings. The van der Waals surface area contributed by atoms with Crippen LogP contribution in [0, 0.1) is 6.92 Å². The molecule has 0 saturated carbocycles. The van der Waals surface area contributed by atoms with Gasteiger partial charge < -0.3 is 0 Å². The van der Waals surface area contributed by atoms with E-state index in [0.717, 1.165) is 25.1 Å². The minimum absolute atomic E-state index is 0.105. The Kier molecular flexibility index (Phi) is 5.42. The molecule has 1 N–H and O–H groups in total. The van der Waals surface area contributed by atoms with Crippen molar-refractivity contribution in [2.75, 3.05) is 11.1 Å². The molecule has 0 spiro atoms. The maximum Gasteiger partial charge on any atom is 0.236 e. The Morgan fingerprint density at radius 2 is 2.09 bits per heavy atom. The van der Waals surface area contributed by atoms with Gasteiger partial charge in [0.1, 0.15) is 5.01 Å². The first-order valence-corrected chi connectivity index (χ1v) is 10.0. The van der Waals surface area contributed by atoms with Crippen molar-refractivity contribution in [1.82, 2.24) is 15.2 Å². The predicted molar refractivity (Wildman–Crippen MR) is 99.2 cm³/mol. The van der Waals surface area contributed by atoms with Gasteiger partial charge in [0.05, 0.1) is 11.4 Å². The van der Waals surface area contributed by atoms with Crippen molar-refractivity contribution in [1.29, 1.82) is 0 Å². The molecule has 0 aliphatic carbocycles. The predicted octanol–water partition coefficient (Wildman–Crippen LogP) is 4.46. The summed E-state index contributed by atoms with van der Waals surface area (Å²) >= 11 is 7.73. The van der Waals surface area contributed by atoms with Crippen LogP contribution in [-0.2, 0) is 4.79 Å². The number of rotatable bonds is 5. The van der Waals surface area contributed by atoms with Crippen LogP contribution < -0.4 is 5.32 Å². The van der Waals surface area contributed by atoms with Gasteiger partial charge >= 0.3 is 0 Å². The molecule has 0 aliphatic rings. The van der Waals surface area contributed by atoms with Gasteiger partial charge in [-0.2, -0.15) is 0 Å². The SMILES string of the molecule is Cc1nnc(NC(=O)CSc2nc(-c3ccc(Br)cc3)cs2)s1. The van der Waals surface area contributed by atoms with Crippen LogP contribution in [0.5, 0.6) is 0 Å². The van der Waals surface area contributed by atoms with Gasteiger partial charge in [0, 0.05) is 15.4 Å². The lowest BCUT2D eigenvalue weighted by molar-refractivity contribution is -0.113. The average Bonchev–Trinajstić information content (AvgIpc) is 3.15. The van der Waals surface area contributed by atoms with Crippen LogP contribution in [0.15, 0.2) is 38.5 Å². The maximum absolute atomic E-state index is 11.9. The van der Waals surface area contributed by atoms with Crippen LogP contribution in [0.4, 0.5) is 5.13 Å². The molecule has 0 fully saturated rings. The highest BCUT2D eigenvalue weighted by atomic mass is 79.9. The number of hydrogen-bond acceptors (Lipinski definition) is 7. The number of nitrogens with zero attached hydrogens (tertiary/aromatic N) is 3. The number of amides is 1. The van der Waals surface area contributed by atoms with Crippen molar-refractivity contribution >= 4 is 61.4 Å². The summed E-state index contributed by atoms with van der Waals surface area (Å²) in [5, 5.41) is 13.8. The fourth-order valence-corrected chi connectivity index (χ4v) is 4.21. The minimum atomic E-state index is -0.105. The van der Waals surface area contributed by atoms with Crippen molar-refractivity contribution in [3.63, 3.8) is 0 Å². The molecule has 118 valence electrons. The van der Waals surface area contributed by atoms with Gasteiger partial charge in [0.15, 0.2) is 4.34 Å². The van der Waals surface area contributed by atoms with E-state index in [2.05, 4.69) is 36.4 Å². The number of halogens is 1. The molecule has 23 heavy (non-hydrogen) atoms. The largest absolute Gasteiger partial charge is 0.300 e. The Hall–Kier alpha value is -1.29. The van der Waals surface area contributed by atoms with Crippen molar-refractivity contribution in [2.24, 2.45) is 0 Å². The van der Waals surface area contributed by atoms with Gasteiger partial charge in [-0.25, -0.2) is 4.98 Å². The van der Waals surface area contributed by atoms with Crippen LogP contribution in [0.3, 0.4) is 0 Å². The molecule has 5 nitrogen and oxygen atoms in total. The number of aromatic nitrogens is 3. The van der Waals surface area contributed by atoms with E-state index in [0.29, 0.717) is 10.9 Å². The fourth-order valence-electron chi connectivity index (χ4n) is 1.71. The number of benzene rings is 1. The summed E-state index contributed by atoms with van der Waals surface area (Å²) in [7, 11) is 0. The summed E-state index contributed by atoms with van der Waals surface area (Å²) < 4.78 is 1.90. The number of thiazole rings is 1. The Morgan fingerprint density at radius 1 is 1.30 bits per heavy atom. The molecule has 1 amide bonds. The Morgan fingerprint density at radius 3 is 2.78 bits per heavy atom. The first kappa shape index (κ1) is 16.6. The zero-order valence-corrected chi connectivity index (χ0v) is 16.0. The van der Waals surface area contributed by atoms with E-state index in [1.54, 1.807) is 0 Å². The van der Waals surface area contributed by atoms with Crippen molar-refractivity contribution in [3.05, 3.63) is 39.1 Å². The van der Waals surface area contributed by atoms with Crippen LogP contribution in [0.25, 0.3) is 11.3 Å².